The number of carbonyl (C=O) groups excluding carboxylic acids is 2. The van der Waals surface area contributed by atoms with Gasteiger partial charge < -0.3 is 15.0 Å². The van der Waals surface area contributed by atoms with Crippen molar-refractivity contribution in [2.24, 2.45) is 0 Å². The van der Waals surface area contributed by atoms with Gasteiger partial charge in [0.25, 0.3) is 5.91 Å². The summed E-state index contributed by atoms with van der Waals surface area (Å²) in [6.07, 6.45) is 0. The highest BCUT2D eigenvalue weighted by atomic mass is 35.5. The quantitative estimate of drug-likeness (QED) is 0.644. The lowest BCUT2D eigenvalue weighted by Crippen LogP contribution is -2.53. The minimum absolute atomic E-state index is 0.157. The maximum absolute atomic E-state index is 13.1. The lowest BCUT2D eigenvalue weighted by Gasteiger charge is -2.31. The van der Waals surface area contributed by atoms with E-state index in [2.05, 4.69) is 5.32 Å². The summed E-state index contributed by atoms with van der Waals surface area (Å²) < 4.78 is 5.72. The molecular formula is C23H28Cl2N2O3. The van der Waals surface area contributed by atoms with Crippen LogP contribution in [0.15, 0.2) is 42.5 Å². The molecule has 0 aliphatic rings. The Bertz CT molecular complexity index is 910. The Morgan fingerprint density at radius 2 is 1.80 bits per heavy atom. The number of aryl methyl sites for hydroxylation is 1. The van der Waals surface area contributed by atoms with E-state index in [0.29, 0.717) is 21.4 Å². The number of amides is 2. The second-order valence-corrected chi connectivity index (χ2v) is 9.07. The standard InChI is InChI=1S/C23H28Cl2N2O3/c1-15-8-6-7-9-20(15)30-14-21(28)27(16(2)22(29)26-23(3,4)5)13-17-10-11-18(24)12-19(17)25/h6-12,16H,13-14H2,1-5H3,(H,26,29)/t16-/m1/s1. The minimum Gasteiger partial charge on any atom is -0.484 e. The zero-order chi connectivity index (χ0) is 22.5. The molecular weight excluding hydrogens is 423 g/mol. The number of benzene rings is 2. The van der Waals surface area contributed by atoms with Gasteiger partial charge >= 0.3 is 0 Å². The average Bonchev–Trinajstić information content (AvgIpc) is 2.64. The third-order valence-electron chi connectivity index (χ3n) is 4.47. The molecule has 0 saturated heterocycles. The fraction of sp³-hybridized carbons (Fsp3) is 0.391. The Kier molecular flexibility index (Phi) is 8.16. The summed E-state index contributed by atoms with van der Waals surface area (Å²) in [6, 6.07) is 11.8. The molecule has 5 nitrogen and oxygen atoms in total. The molecule has 0 spiro atoms. The number of halogens is 2. The van der Waals surface area contributed by atoms with Gasteiger partial charge in [-0.15, -0.1) is 0 Å². The number of para-hydroxylation sites is 1. The molecule has 2 rings (SSSR count). The van der Waals surface area contributed by atoms with Gasteiger partial charge in [-0.05, 0) is 63.9 Å². The summed E-state index contributed by atoms with van der Waals surface area (Å²) in [5.41, 5.74) is 1.20. The summed E-state index contributed by atoms with van der Waals surface area (Å²) >= 11 is 12.3. The van der Waals surface area contributed by atoms with Crippen LogP contribution in [0.3, 0.4) is 0 Å². The van der Waals surface area contributed by atoms with E-state index in [9.17, 15) is 9.59 Å². The zero-order valence-corrected chi connectivity index (χ0v) is 19.5. The van der Waals surface area contributed by atoms with Crippen molar-refractivity contribution in [1.29, 1.82) is 0 Å². The molecule has 0 aliphatic heterocycles. The van der Waals surface area contributed by atoms with Crippen LogP contribution in [-0.4, -0.2) is 34.9 Å². The molecule has 0 aliphatic carbocycles. The average molecular weight is 451 g/mol. The SMILES string of the molecule is Cc1ccccc1OCC(=O)N(Cc1ccc(Cl)cc1Cl)[C@H](C)C(=O)NC(C)(C)C. The van der Waals surface area contributed by atoms with Crippen molar-refractivity contribution < 1.29 is 14.3 Å². The lowest BCUT2D eigenvalue weighted by atomic mass is 10.1. The number of nitrogens with one attached hydrogen (secondary N) is 1. The Morgan fingerprint density at radius 3 is 2.40 bits per heavy atom. The second-order valence-electron chi connectivity index (χ2n) is 8.23. The topological polar surface area (TPSA) is 58.6 Å². The lowest BCUT2D eigenvalue weighted by molar-refractivity contribution is -0.142. The molecule has 0 bridgehead atoms. The summed E-state index contributed by atoms with van der Waals surface area (Å²) in [4.78, 5) is 27.3. The van der Waals surface area contributed by atoms with Crippen molar-refractivity contribution in [3.05, 3.63) is 63.6 Å². The maximum atomic E-state index is 13.1. The molecule has 1 N–H and O–H groups in total. The van der Waals surface area contributed by atoms with Gasteiger partial charge in [0.05, 0.1) is 0 Å². The third kappa shape index (κ3) is 6.92. The highest BCUT2D eigenvalue weighted by Gasteiger charge is 2.29. The predicted octanol–water partition coefficient (Wildman–Crippen LogP) is 5.01. The molecule has 30 heavy (non-hydrogen) atoms. The first-order valence-corrected chi connectivity index (χ1v) is 10.5. The summed E-state index contributed by atoms with van der Waals surface area (Å²) in [7, 11) is 0. The van der Waals surface area contributed by atoms with Crippen LogP contribution >= 0.6 is 23.2 Å². The molecule has 0 fully saturated rings. The minimum atomic E-state index is -0.719. The summed E-state index contributed by atoms with van der Waals surface area (Å²) in [6.45, 7) is 9.23. The summed E-state index contributed by atoms with van der Waals surface area (Å²) in [5, 5.41) is 3.86. The second kappa shape index (κ2) is 10.2. The van der Waals surface area contributed by atoms with E-state index in [-0.39, 0.29) is 25.0 Å². The van der Waals surface area contributed by atoms with Gasteiger partial charge in [-0.2, -0.15) is 0 Å². The van der Waals surface area contributed by atoms with E-state index >= 15 is 0 Å². The molecule has 0 radical (unpaired) electrons. The Balaban J connectivity index is 2.23. The number of hydrogen-bond acceptors (Lipinski definition) is 3. The first-order valence-electron chi connectivity index (χ1n) is 9.72. The van der Waals surface area contributed by atoms with Gasteiger partial charge in [0, 0.05) is 22.1 Å². The third-order valence-corrected chi connectivity index (χ3v) is 5.05. The van der Waals surface area contributed by atoms with E-state index in [1.807, 2.05) is 45.9 Å². The van der Waals surface area contributed by atoms with Crippen LogP contribution in [0.25, 0.3) is 0 Å². The van der Waals surface area contributed by atoms with Crippen molar-refractivity contribution in [2.75, 3.05) is 6.61 Å². The summed E-state index contributed by atoms with van der Waals surface area (Å²) in [5.74, 6) is 0.0554. The van der Waals surface area contributed by atoms with Crippen molar-refractivity contribution in [3.8, 4) is 5.75 Å². The molecule has 2 aromatic carbocycles. The number of rotatable bonds is 7. The van der Waals surface area contributed by atoms with Crippen LogP contribution in [0.5, 0.6) is 5.75 Å². The Hall–Kier alpha value is -2.24. The Labute approximate surface area is 188 Å². The number of ether oxygens (including phenoxy) is 1. The van der Waals surface area contributed by atoms with E-state index in [1.54, 1.807) is 31.2 Å². The van der Waals surface area contributed by atoms with E-state index in [4.69, 9.17) is 27.9 Å². The van der Waals surface area contributed by atoms with Crippen LogP contribution in [0, 0.1) is 6.92 Å². The number of hydrogen-bond donors (Lipinski definition) is 1. The van der Waals surface area contributed by atoms with Crippen LogP contribution < -0.4 is 10.1 Å². The van der Waals surface area contributed by atoms with Gasteiger partial charge in [-0.1, -0.05) is 47.5 Å². The van der Waals surface area contributed by atoms with Gasteiger partial charge in [0.1, 0.15) is 11.8 Å². The number of nitrogens with zero attached hydrogens (tertiary/aromatic N) is 1. The van der Waals surface area contributed by atoms with Crippen LogP contribution in [-0.2, 0) is 16.1 Å². The van der Waals surface area contributed by atoms with Crippen LogP contribution in [0.1, 0.15) is 38.8 Å². The normalized spacial score (nSPS) is 12.2. The van der Waals surface area contributed by atoms with E-state index in [0.717, 1.165) is 5.56 Å². The molecule has 1 atom stereocenters. The van der Waals surface area contributed by atoms with Gasteiger partial charge in [0.2, 0.25) is 5.91 Å². The van der Waals surface area contributed by atoms with Crippen LogP contribution in [0.2, 0.25) is 10.0 Å². The molecule has 2 aromatic rings. The predicted molar refractivity (Wildman–Crippen MR) is 121 cm³/mol. The fourth-order valence-corrected chi connectivity index (χ4v) is 3.30. The number of carbonyl (C=O) groups is 2. The highest BCUT2D eigenvalue weighted by molar-refractivity contribution is 6.35. The monoisotopic (exact) mass is 450 g/mol. The molecule has 2 amide bonds. The van der Waals surface area contributed by atoms with Gasteiger partial charge in [0.15, 0.2) is 6.61 Å². The van der Waals surface area contributed by atoms with Gasteiger partial charge in [-0.25, -0.2) is 0 Å². The van der Waals surface area contributed by atoms with Crippen molar-refractivity contribution >= 4 is 35.0 Å². The smallest absolute Gasteiger partial charge is 0.261 e. The largest absolute Gasteiger partial charge is 0.484 e. The molecule has 0 saturated carbocycles. The molecule has 162 valence electrons. The maximum Gasteiger partial charge on any atom is 0.261 e. The van der Waals surface area contributed by atoms with Gasteiger partial charge in [-0.3, -0.25) is 9.59 Å². The van der Waals surface area contributed by atoms with Crippen molar-refractivity contribution in [1.82, 2.24) is 10.2 Å². The molecule has 7 heteroatoms. The first kappa shape index (κ1) is 24.0. The van der Waals surface area contributed by atoms with Crippen LogP contribution in [0.4, 0.5) is 0 Å². The van der Waals surface area contributed by atoms with Crippen molar-refractivity contribution in [3.63, 3.8) is 0 Å². The van der Waals surface area contributed by atoms with E-state index < -0.39 is 11.6 Å². The molecule has 0 aromatic heterocycles. The van der Waals surface area contributed by atoms with E-state index in [1.165, 1.54) is 4.90 Å². The first-order chi connectivity index (χ1) is 14.0. The Morgan fingerprint density at radius 1 is 1.13 bits per heavy atom. The fourth-order valence-electron chi connectivity index (χ4n) is 2.83. The zero-order valence-electron chi connectivity index (χ0n) is 18.0. The van der Waals surface area contributed by atoms with Crippen molar-refractivity contribution in [2.45, 2.75) is 52.7 Å². The molecule has 0 unspecified atom stereocenters. The highest BCUT2D eigenvalue weighted by Crippen LogP contribution is 2.24. The molecule has 0 heterocycles.